The maximum Gasteiger partial charge on any atom is 0.217 e. The molecule has 0 bridgehead atoms. The van der Waals surface area contributed by atoms with Crippen molar-refractivity contribution in [3.63, 3.8) is 0 Å². The SMILES string of the molecule is Cc1cccc(N2CCC[C@]3(C2)CN(S(=O)(=O)C2CC2)CCO3)c1. The van der Waals surface area contributed by atoms with Crippen LogP contribution in [0.15, 0.2) is 24.3 Å². The molecule has 1 saturated carbocycles. The van der Waals surface area contributed by atoms with E-state index in [4.69, 9.17) is 4.74 Å². The summed E-state index contributed by atoms with van der Waals surface area (Å²) in [5, 5.41) is -0.135. The second kappa shape index (κ2) is 6.00. The first-order valence-electron chi connectivity index (χ1n) is 8.93. The lowest BCUT2D eigenvalue weighted by atomic mass is 9.91. The third-order valence-electron chi connectivity index (χ3n) is 5.43. The highest BCUT2D eigenvalue weighted by molar-refractivity contribution is 7.90. The van der Waals surface area contributed by atoms with E-state index >= 15 is 0 Å². The molecule has 0 aromatic heterocycles. The van der Waals surface area contributed by atoms with Gasteiger partial charge in [-0.2, -0.15) is 4.31 Å². The molecule has 0 unspecified atom stereocenters. The number of hydrogen-bond acceptors (Lipinski definition) is 4. The Morgan fingerprint density at radius 2 is 2.04 bits per heavy atom. The van der Waals surface area contributed by atoms with E-state index in [2.05, 4.69) is 36.1 Å². The average Bonchev–Trinajstić information content (AvgIpc) is 3.40. The summed E-state index contributed by atoms with van der Waals surface area (Å²) in [4.78, 5) is 2.35. The van der Waals surface area contributed by atoms with Crippen molar-refractivity contribution in [2.24, 2.45) is 0 Å². The van der Waals surface area contributed by atoms with Crippen molar-refractivity contribution in [3.8, 4) is 0 Å². The van der Waals surface area contributed by atoms with Crippen molar-refractivity contribution < 1.29 is 13.2 Å². The molecule has 2 aliphatic heterocycles. The molecule has 1 aromatic carbocycles. The van der Waals surface area contributed by atoms with Gasteiger partial charge in [0.25, 0.3) is 0 Å². The van der Waals surface area contributed by atoms with Gasteiger partial charge >= 0.3 is 0 Å². The van der Waals surface area contributed by atoms with Gasteiger partial charge in [-0.15, -0.1) is 0 Å². The zero-order valence-electron chi connectivity index (χ0n) is 14.3. The van der Waals surface area contributed by atoms with Gasteiger partial charge in [-0.25, -0.2) is 8.42 Å². The molecule has 1 aliphatic carbocycles. The lowest BCUT2D eigenvalue weighted by Crippen LogP contribution is -2.61. The van der Waals surface area contributed by atoms with Gasteiger partial charge in [-0.3, -0.25) is 0 Å². The first-order valence-corrected chi connectivity index (χ1v) is 10.4. The predicted octanol–water partition coefficient (Wildman–Crippen LogP) is 2.16. The second-order valence-electron chi connectivity index (χ2n) is 7.47. The number of hydrogen-bond donors (Lipinski definition) is 0. The van der Waals surface area contributed by atoms with Crippen LogP contribution < -0.4 is 4.90 Å². The summed E-state index contributed by atoms with van der Waals surface area (Å²) in [5.41, 5.74) is 2.09. The number of sulfonamides is 1. The quantitative estimate of drug-likeness (QED) is 0.838. The van der Waals surface area contributed by atoms with Crippen molar-refractivity contribution >= 4 is 15.7 Å². The molecular formula is C18H26N2O3S. The van der Waals surface area contributed by atoms with Crippen LogP contribution in [0.1, 0.15) is 31.2 Å². The van der Waals surface area contributed by atoms with E-state index < -0.39 is 10.0 Å². The highest BCUT2D eigenvalue weighted by Crippen LogP contribution is 2.36. The summed E-state index contributed by atoms with van der Waals surface area (Å²) in [5.74, 6) is 0. The minimum Gasteiger partial charge on any atom is -0.370 e. The fourth-order valence-electron chi connectivity index (χ4n) is 3.99. The molecule has 3 fully saturated rings. The van der Waals surface area contributed by atoms with Gasteiger partial charge in [-0.05, 0) is 50.3 Å². The van der Waals surface area contributed by atoms with E-state index in [1.165, 1.54) is 11.3 Å². The number of piperidine rings is 1. The third kappa shape index (κ3) is 3.07. The summed E-state index contributed by atoms with van der Waals surface area (Å²) >= 11 is 0. The number of aryl methyl sites for hydroxylation is 1. The number of rotatable bonds is 3. The van der Waals surface area contributed by atoms with Crippen molar-refractivity contribution in [1.82, 2.24) is 4.31 Å². The summed E-state index contributed by atoms with van der Waals surface area (Å²) in [7, 11) is -3.12. The minimum atomic E-state index is -3.12. The Labute approximate surface area is 144 Å². The predicted molar refractivity (Wildman–Crippen MR) is 94.8 cm³/mol. The number of anilines is 1. The first kappa shape index (κ1) is 16.4. The second-order valence-corrected chi connectivity index (χ2v) is 9.69. The van der Waals surface area contributed by atoms with Crippen LogP contribution in [0.5, 0.6) is 0 Å². The zero-order valence-corrected chi connectivity index (χ0v) is 15.1. The van der Waals surface area contributed by atoms with Crippen molar-refractivity contribution in [2.45, 2.75) is 43.5 Å². The molecule has 0 amide bonds. The van der Waals surface area contributed by atoms with Gasteiger partial charge in [0, 0.05) is 31.9 Å². The Kier molecular flexibility index (Phi) is 4.09. The van der Waals surface area contributed by atoms with Crippen molar-refractivity contribution in [3.05, 3.63) is 29.8 Å². The molecule has 3 aliphatic rings. The fraction of sp³-hybridized carbons (Fsp3) is 0.667. The lowest BCUT2D eigenvalue weighted by molar-refractivity contribution is -0.0950. The number of nitrogens with zero attached hydrogens (tertiary/aromatic N) is 2. The van der Waals surface area contributed by atoms with Gasteiger partial charge in [0.15, 0.2) is 0 Å². The number of morpholine rings is 1. The molecule has 1 spiro atoms. The van der Waals surface area contributed by atoms with Crippen LogP contribution in [0.25, 0.3) is 0 Å². The molecule has 1 atom stereocenters. The number of benzene rings is 1. The third-order valence-corrected chi connectivity index (χ3v) is 7.77. The molecule has 132 valence electrons. The van der Waals surface area contributed by atoms with Crippen LogP contribution in [0.3, 0.4) is 0 Å². The van der Waals surface area contributed by atoms with Crippen LogP contribution in [0.2, 0.25) is 0 Å². The molecule has 0 radical (unpaired) electrons. The maximum atomic E-state index is 12.6. The van der Waals surface area contributed by atoms with E-state index in [9.17, 15) is 8.42 Å². The van der Waals surface area contributed by atoms with E-state index in [-0.39, 0.29) is 10.9 Å². The average molecular weight is 350 g/mol. The summed E-state index contributed by atoms with van der Waals surface area (Å²) in [6.07, 6.45) is 3.61. The van der Waals surface area contributed by atoms with E-state index in [0.717, 1.165) is 38.8 Å². The molecule has 2 heterocycles. The smallest absolute Gasteiger partial charge is 0.217 e. The first-order chi connectivity index (χ1) is 11.5. The Morgan fingerprint density at radius 3 is 2.79 bits per heavy atom. The highest BCUT2D eigenvalue weighted by atomic mass is 32.2. The van der Waals surface area contributed by atoms with E-state index in [0.29, 0.717) is 19.7 Å². The summed E-state index contributed by atoms with van der Waals surface area (Å²) in [6, 6.07) is 8.51. The number of ether oxygens (including phenoxy) is 1. The Bertz CT molecular complexity index is 713. The molecule has 1 aromatic rings. The van der Waals surface area contributed by atoms with Crippen LogP contribution in [0, 0.1) is 6.92 Å². The summed E-state index contributed by atoms with van der Waals surface area (Å²) < 4.78 is 33.1. The normalized spacial score (nSPS) is 29.1. The van der Waals surface area contributed by atoms with Gasteiger partial charge in [-0.1, -0.05) is 12.1 Å². The minimum absolute atomic E-state index is 0.135. The molecular weight excluding hydrogens is 324 g/mol. The Balaban J connectivity index is 1.53. The van der Waals surface area contributed by atoms with Crippen molar-refractivity contribution in [1.29, 1.82) is 0 Å². The largest absolute Gasteiger partial charge is 0.370 e. The molecule has 6 heteroatoms. The topological polar surface area (TPSA) is 49.9 Å². The van der Waals surface area contributed by atoms with Gasteiger partial charge < -0.3 is 9.64 Å². The highest BCUT2D eigenvalue weighted by Gasteiger charge is 2.47. The lowest BCUT2D eigenvalue weighted by Gasteiger charge is -2.48. The standard InChI is InChI=1S/C18H26N2O3S/c1-15-4-2-5-16(12-15)19-9-3-8-18(13-19)14-20(10-11-23-18)24(21,22)17-6-7-17/h2,4-5,12,17H,3,6-11,13-14H2,1H3/t18-/m0/s1. The van der Waals surface area contributed by atoms with Crippen LogP contribution in [0.4, 0.5) is 5.69 Å². The van der Waals surface area contributed by atoms with Crippen molar-refractivity contribution in [2.75, 3.05) is 37.7 Å². The van der Waals surface area contributed by atoms with Gasteiger partial charge in [0.2, 0.25) is 10.0 Å². The van der Waals surface area contributed by atoms with E-state index in [1.54, 1.807) is 4.31 Å². The van der Waals surface area contributed by atoms with Gasteiger partial charge in [0.05, 0.1) is 17.5 Å². The summed E-state index contributed by atoms with van der Waals surface area (Å²) in [6.45, 7) is 5.40. The maximum absolute atomic E-state index is 12.6. The molecule has 5 nitrogen and oxygen atoms in total. The van der Waals surface area contributed by atoms with Gasteiger partial charge in [0.1, 0.15) is 0 Å². The van der Waals surface area contributed by atoms with Crippen LogP contribution in [-0.4, -0.2) is 56.4 Å². The Hall–Kier alpha value is -1.11. The molecule has 2 saturated heterocycles. The monoisotopic (exact) mass is 350 g/mol. The van der Waals surface area contributed by atoms with Crippen LogP contribution >= 0.6 is 0 Å². The van der Waals surface area contributed by atoms with Crippen LogP contribution in [-0.2, 0) is 14.8 Å². The Morgan fingerprint density at radius 1 is 1.21 bits per heavy atom. The fourth-order valence-corrected chi connectivity index (χ4v) is 5.89. The molecule has 4 rings (SSSR count). The molecule has 24 heavy (non-hydrogen) atoms. The molecule has 0 N–H and O–H groups in total. The zero-order chi connectivity index (χ0) is 16.8. The van der Waals surface area contributed by atoms with E-state index in [1.807, 2.05) is 0 Å².